The highest BCUT2D eigenvalue weighted by Crippen LogP contribution is 2.44. The van der Waals surface area contributed by atoms with Crippen molar-refractivity contribution >= 4 is 33.1 Å². The number of aliphatic imine (C=N–C) groups is 1. The van der Waals surface area contributed by atoms with Crippen LogP contribution >= 0.6 is 0 Å². The molecule has 292 valence electrons. The zero-order valence-corrected chi connectivity index (χ0v) is 30.3. The third-order valence-corrected chi connectivity index (χ3v) is 10.8. The number of fused-ring (bicyclic) bond motifs is 4. The van der Waals surface area contributed by atoms with Gasteiger partial charge in [-0.05, 0) is 74.0 Å². The summed E-state index contributed by atoms with van der Waals surface area (Å²) in [5, 5.41) is 85.3. The van der Waals surface area contributed by atoms with E-state index < -0.39 is 55.3 Å². The van der Waals surface area contributed by atoms with Crippen molar-refractivity contribution in [3.63, 3.8) is 0 Å². The number of nitrogens with one attached hydrogen (secondary N) is 1. The molecule has 0 saturated carbocycles. The zero-order valence-electron chi connectivity index (χ0n) is 30.3. The van der Waals surface area contributed by atoms with Gasteiger partial charge in [-0.3, -0.25) is 14.7 Å². The maximum absolute atomic E-state index is 13.4. The molecule has 3 aliphatic heterocycles. The molecule has 3 aromatic carbocycles. The molecule has 0 aliphatic carbocycles. The Bertz CT molecular complexity index is 2270. The molecule has 0 spiro atoms. The highest BCUT2D eigenvalue weighted by atomic mass is 17.2. The van der Waals surface area contributed by atoms with Crippen LogP contribution in [0.1, 0.15) is 36.7 Å². The van der Waals surface area contributed by atoms with Crippen LogP contribution < -0.4 is 15.1 Å². The molecule has 15 heteroatoms. The minimum Gasteiger partial charge on any atom is -0.508 e. The second-order valence-electron chi connectivity index (χ2n) is 14.8. The van der Waals surface area contributed by atoms with Gasteiger partial charge in [0.2, 0.25) is 11.3 Å². The van der Waals surface area contributed by atoms with E-state index in [4.69, 9.17) is 18.9 Å². The summed E-state index contributed by atoms with van der Waals surface area (Å²) in [6, 6.07) is 10.2. The predicted octanol–water partition coefficient (Wildman–Crippen LogP) is 0.880. The minimum absolute atomic E-state index is 0.0989. The number of phenolic OH excluding ortho intramolecular Hbond substituents is 2. The van der Waals surface area contributed by atoms with Crippen LogP contribution in [0.25, 0.3) is 21.7 Å². The largest absolute Gasteiger partial charge is 0.508 e. The normalized spacial score (nSPS) is 23.1. The number of allylic oxidation sites excluding steroid dienone is 1. The Hall–Kier alpha value is -4.68. The fourth-order valence-corrected chi connectivity index (χ4v) is 7.69. The molecule has 0 fully saturated rings. The molecule has 55 heavy (non-hydrogen) atoms. The van der Waals surface area contributed by atoms with Crippen LogP contribution in [0.5, 0.6) is 17.2 Å². The standard InChI is InChI=1S/C40H44N2O13/c1-21-12-31(47)28-13-24-14-33(39(2,9-3-11-43)54-36(24)34(37(28)53-21)42-17-23-8-10-41-29(23)18-42)55-52-20-40(51,38(50)35(49)32(48)19-44)16-22-4-7-30(46)26-6-5-25(45)15-27(22)26/h4-8,10,12-13,15,17,32-33,35,38,43-46,48-51H,3,9,11,14,16,18-20H2,1-2H3/p+1. The maximum Gasteiger partial charge on any atom is 0.222 e. The molecule has 15 nitrogen and oxygen atoms in total. The third kappa shape index (κ3) is 7.26. The molecule has 0 saturated heterocycles. The molecule has 9 N–H and O–H groups in total. The second kappa shape index (κ2) is 15.1. The van der Waals surface area contributed by atoms with Crippen molar-refractivity contribution in [1.82, 2.24) is 0 Å². The molecule has 0 bridgehead atoms. The number of aliphatic hydroxyl groups excluding tert-OH is 5. The Morgan fingerprint density at radius 2 is 1.87 bits per heavy atom. The van der Waals surface area contributed by atoms with Gasteiger partial charge in [0.15, 0.2) is 11.2 Å². The molecule has 0 radical (unpaired) electrons. The van der Waals surface area contributed by atoms with Gasteiger partial charge in [-0.1, -0.05) is 6.07 Å². The highest BCUT2D eigenvalue weighted by Gasteiger charge is 2.48. The molecule has 4 heterocycles. The van der Waals surface area contributed by atoms with E-state index in [1.54, 1.807) is 26.1 Å². The van der Waals surface area contributed by atoms with Crippen LogP contribution in [-0.4, -0.2) is 109 Å². The number of aromatic hydroxyl groups is 2. The number of quaternary nitrogens is 1. The first-order valence-corrected chi connectivity index (χ1v) is 18.1. The first-order valence-electron chi connectivity index (χ1n) is 18.1. The molecular weight excluding hydrogens is 716 g/mol. The van der Waals surface area contributed by atoms with E-state index >= 15 is 0 Å². The van der Waals surface area contributed by atoms with Gasteiger partial charge in [-0.2, -0.15) is 0 Å². The topological polar surface area (TPSA) is 237 Å². The smallest absolute Gasteiger partial charge is 0.222 e. The van der Waals surface area contributed by atoms with Gasteiger partial charge in [0.1, 0.15) is 77.9 Å². The lowest BCUT2D eigenvalue weighted by atomic mass is 9.84. The summed E-state index contributed by atoms with van der Waals surface area (Å²) >= 11 is 0. The van der Waals surface area contributed by atoms with Crippen LogP contribution in [0, 0.1) is 6.92 Å². The van der Waals surface area contributed by atoms with E-state index in [0.29, 0.717) is 63.0 Å². The number of ether oxygens (including phenoxy) is 1. The van der Waals surface area contributed by atoms with Crippen molar-refractivity contribution in [1.29, 1.82) is 0 Å². The van der Waals surface area contributed by atoms with Crippen molar-refractivity contribution in [3.05, 3.63) is 93.6 Å². The van der Waals surface area contributed by atoms with Gasteiger partial charge < -0.3 is 50.0 Å². The summed E-state index contributed by atoms with van der Waals surface area (Å²) < 4.78 is 13.0. The first-order chi connectivity index (χ1) is 26.2. The number of hydrogen-bond donors (Lipinski definition) is 9. The first kappa shape index (κ1) is 38.6. The second-order valence-corrected chi connectivity index (χ2v) is 14.8. The van der Waals surface area contributed by atoms with Crippen molar-refractivity contribution in [3.8, 4) is 17.2 Å². The number of hydrogen-bond acceptors (Lipinski definition) is 14. The van der Waals surface area contributed by atoms with Crippen molar-refractivity contribution in [2.75, 3.05) is 26.4 Å². The number of phenols is 2. The molecule has 7 rings (SSSR count). The van der Waals surface area contributed by atoms with E-state index in [1.807, 2.05) is 12.3 Å². The molecule has 7 unspecified atom stereocenters. The minimum atomic E-state index is -2.39. The van der Waals surface area contributed by atoms with Gasteiger partial charge in [0, 0.05) is 42.7 Å². The lowest BCUT2D eigenvalue weighted by molar-refractivity contribution is -0.759. The van der Waals surface area contributed by atoms with E-state index in [-0.39, 0.29) is 36.4 Å². The van der Waals surface area contributed by atoms with Gasteiger partial charge in [0.05, 0.1) is 17.6 Å². The van der Waals surface area contributed by atoms with E-state index in [0.717, 1.165) is 16.2 Å². The number of benzene rings is 3. The fraction of sp³-hybridized carbons (Fsp3) is 0.400. The van der Waals surface area contributed by atoms with Gasteiger partial charge >= 0.3 is 0 Å². The Morgan fingerprint density at radius 3 is 2.62 bits per heavy atom. The summed E-state index contributed by atoms with van der Waals surface area (Å²) in [6.45, 7) is 2.12. The zero-order chi connectivity index (χ0) is 39.2. The predicted molar refractivity (Wildman–Crippen MR) is 198 cm³/mol. The number of rotatable bonds is 14. The average molecular weight is 762 g/mol. The van der Waals surface area contributed by atoms with Crippen molar-refractivity contribution < 1.29 is 64.7 Å². The summed E-state index contributed by atoms with van der Waals surface area (Å²) in [6.07, 6.45) is -0.906. The Morgan fingerprint density at radius 1 is 1.07 bits per heavy atom. The summed E-state index contributed by atoms with van der Waals surface area (Å²) in [5.41, 5.74) is -0.0218. The van der Waals surface area contributed by atoms with Gasteiger partial charge in [-0.15, -0.1) is 0 Å². The lowest BCUT2D eigenvalue weighted by Gasteiger charge is -2.42. The van der Waals surface area contributed by atoms with Gasteiger partial charge in [0.25, 0.3) is 0 Å². The van der Waals surface area contributed by atoms with Crippen molar-refractivity contribution in [2.45, 2.75) is 75.1 Å². The van der Waals surface area contributed by atoms with Crippen molar-refractivity contribution in [2.24, 2.45) is 4.99 Å². The number of nitrogens with zero attached hydrogens (tertiary/aromatic N) is 1. The molecular formula is C40H45N2O13+. The van der Waals surface area contributed by atoms with Crippen LogP contribution in [-0.2, 0) is 22.6 Å². The quantitative estimate of drug-likeness (QED) is 0.0642. The number of aryl methyl sites for hydroxylation is 1. The van der Waals surface area contributed by atoms with E-state index in [1.165, 1.54) is 36.4 Å². The third-order valence-electron chi connectivity index (χ3n) is 10.8. The van der Waals surface area contributed by atoms with E-state index in [9.17, 15) is 45.6 Å². The van der Waals surface area contributed by atoms with Crippen LogP contribution in [0.2, 0.25) is 0 Å². The number of aliphatic hydroxyl groups is 6. The van der Waals surface area contributed by atoms with Crippen LogP contribution in [0.15, 0.2) is 80.7 Å². The lowest BCUT2D eigenvalue weighted by Crippen LogP contribution is -3.01. The fourth-order valence-electron chi connectivity index (χ4n) is 7.69. The highest BCUT2D eigenvalue weighted by molar-refractivity contribution is 6.07. The van der Waals surface area contributed by atoms with Gasteiger partial charge in [-0.25, -0.2) is 9.78 Å². The van der Waals surface area contributed by atoms with Crippen LogP contribution in [0.3, 0.4) is 0 Å². The SMILES string of the molecule is Cc1cc(=O)c2cc3c(c([NH+]4C=C5C=CN=C5C4)c2o1)OC(C)(CCCO)C(OOCC(O)(Cc1ccc(O)c2ccc(O)cc12)C(O)C(O)C(O)CO)C3. The molecule has 3 aliphatic rings. The maximum atomic E-state index is 13.4. The van der Waals surface area contributed by atoms with Crippen LogP contribution in [0.4, 0.5) is 5.69 Å². The molecule has 0 amide bonds. The Balaban J connectivity index is 1.23. The average Bonchev–Trinajstić information content (AvgIpc) is 3.77. The molecule has 4 aromatic rings. The Labute approximate surface area is 314 Å². The summed E-state index contributed by atoms with van der Waals surface area (Å²) in [7, 11) is 0. The molecule has 7 atom stereocenters. The Kier molecular flexibility index (Phi) is 10.6. The monoisotopic (exact) mass is 761 g/mol. The molecule has 1 aromatic heterocycles. The van der Waals surface area contributed by atoms with E-state index in [2.05, 4.69) is 4.99 Å². The summed E-state index contributed by atoms with van der Waals surface area (Å²) in [5.74, 6) is 0.685. The summed E-state index contributed by atoms with van der Waals surface area (Å²) in [4.78, 5) is 30.4.